The van der Waals surface area contributed by atoms with Crippen LogP contribution >= 0.6 is 0 Å². The van der Waals surface area contributed by atoms with Gasteiger partial charge in [-0.05, 0) is 42.0 Å². The summed E-state index contributed by atoms with van der Waals surface area (Å²) >= 11 is 0. The molecule has 0 aliphatic carbocycles. The molecule has 0 saturated heterocycles. The molecule has 0 spiro atoms. The minimum absolute atomic E-state index is 0.0420. The summed E-state index contributed by atoms with van der Waals surface area (Å²) in [5.74, 6) is 0.453. The number of ketones is 1. The van der Waals surface area contributed by atoms with Crippen molar-refractivity contribution < 1.29 is 19.2 Å². The topological polar surface area (TPSA) is 90.7 Å². The van der Waals surface area contributed by atoms with E-state index >= 15 is 0 Å². The van der Waals surface area contributed by atoms with Gasteiger partial charge < -0.3 is 14.8 Å². The molecule has 2 rings (SSSR count). The summed E-state index contributed by atoms with van der Waals surface area (Å²) in [4.78, 5) is 22.8. The van der Waals surface area contributed by atoms with Crippen LogP contribution in [0.3, 0.4) is 0 Å². The summed E-state index contributed by atoms with van der Waals surface area (Å²) in [6.07, 6.45) is 2.94. The van der Waals surface area contributed by atoms with Gasteiger partial charge in [0.1, 0.15) is 18.0 Å². The van der Waals surface area contributed by atoms with Gasteiger partial charge in [-0.3, -0.25) is 14.9 Å². The number of nitrogens with one attached hydrogen (secondary N) is 1. The normalized spacial score (nSPS) is 10.7. The van der Waals surface area contributed by atoms with Gasteiger partial charge >= 0.3 is 0 Å². The van der Waals surface area contributed by atoms with Crippen LogP contribution in [0, 0.1) is 10.1 Å². The predicted molar refractivity (Wildman–Crippen MR) is 99.8 cm³/mol. The highest BCUT2D eigenvalue weighted by Crippen LogP contribution is 2.25. The van der Waals surface area contributed by atoms with Crippen molar-refractivity contribution in [2.45, 2.75) is 0 Å². The lowest BCUT2D eigenvalue weighted by Crippen LogP contribution is -2.04. The van der Waals surface area contributed by atoms with Crippen LogP contribution in [-0.4, -0.2) is 38.1 Å². The van der Waals surface area contributed by atoms with Crippen LogP contribution in [0.1, 0.15) is 15.9 Å². The van der Waals surface area contributed by atoms with Crippen LogP contribution < -0.4 is 10.1 Å². The fourth-order valence-electron chi connectivity index (χ4n) is 2.24. The van der Waals surface area contributed by atoms with Gasteiger partial charge in [0, 0.05) is 25.8 Å². The zero-order valence-electron chi connectivity index (χ0n) is 14.6. The molecule has 0 atom stereocenters. The zero-order valence-corrected chi connectivity index (χ0v) is 14.6. The Bertz CT molecular complexity index is 800. The first-order valence-corrected chi connectivity index (χ1v) is 7.95. The van der Waals surface area contributed by atoms with Crippen molar-refractivity contribution in [1.29, 1.82) is 0 Å². The number of carbonyl (C=O) groups is 1. The molecule has 2 aromatic rings. The maximum atomic E-state index is 12.2. The van der Waals surface area contributed by atoms with Gasteiger partial charge in [-0.2, -0.15) is 0 Å². The van der Waals surface area contributed by atoms with Crippen LogP contribution in [0.25, 0.3) is 6.08 Å². The third-order valence-corrected chi connectivity index (χ3v) is 3.61. The monoisotopic (exact) mass is 356 g/mol. The van der Waals surface area contributed by atoms with Gasteiger partial charge in [0.25, 0.3) is 5.69 Å². The highest BCUT2D eigenvalue weighted by molar-refractivity contribution is 6.06. The Hall–Kier alpha value is -3.19. The molecule has 0 saturated carbocycles. The molecule has 136 valence electrons. The Kier molecular flexibility index (Phi) is 6.87. The van der Waals surface area contributed by atoms with Crippen molar-refractivity contribution in [3.8, 4) is 5.75 Å². The number of nitro benzene ring substituents is 1. The quantitative estimate of drug-likeness (QED) is 0.243. The van der Waals surface area contributed by atoms with E-state index < -0.39 is 4.92 Å². The molecule has 0 fully saturated rings. The van der Waals surface area contributed by atoms with E-state index in [-0.39, 0.29) is 11.5 Å². The van der Waals surface area contributed by atoms with Crippen molar-refractivity contribution in [1.82, 2.24) is 0 Å². The number of benzene rings is 2. The van der Waals surface area contributed by atoms with E-state index in [1.807, 2.05) is 0 Å². The Morgan fingerprint density at radius 1 is 1.19 bits per heavy atom. The minimum Gasteiger partial charge on any atom is -0.491 e. The number of rotatable bonds is 9. The molecule has 2 aromatic carbocycles. The van der Waals surface area contributed by atoms with E-state index in [1.165, 1.54) is 12.1 Å². The average molecular weight is 356 g/mol. The summed E-state index contributed by atoms with van der Waals surface area (Å²) in [5, 5.41) is 13.8. The van der Waals surface area contributed by atoms with Crippen molar-refractivity contribution in [2.75, 3.05) is 32.7 Å². The van der Waals surface area contributed by atoms with Crippen molar-refractivity contribution in [2.24, 2.45) is 0 Å². The zero-order chi connectivity index (χ0) is 18.9. The smallest absolute Gasteiger partial charge is 0.292 e. The number of hydrogen-bond acceptors (Lipinski definition) is 6. The fourth-order valence-corrected chi connectivity index (χ4v) is 2.24. The number of hydrogen-bond donors (Lipinski definition) is 1. The molecule has 0 heterocycles. The number of ether oxygens (including phenoxy) is 2. The summed E-state index contributed by atoms with van der Waals surface area (Å²) in [7, 11) is 3.21. The molecule has 7 nitrogen and oxygen atoms in total. The third-order valence-electron chi connectivity index (χ3n) is 3.61. The van der Waals surface area contributed by atoms with E-state index in [1.54, 1.807) is 56.6 Å². The van der Waals surface area contributed by atoms with E-state index in [0.717, 1.165) is 0 Å². The first-order chi connectivity index (χ1) is 12.5. The molecule has 0 radical (unpaired) electrons. The molecule has 0 bridgehead atoms. The van der Waals surface area contributed by atoms with Gasteiger partial charge in [-0.25, -0.2) is 0 Å². The summed E-state index contributed by atoms with van der Waals surface area (Å²) in [5.41, 5.74) is 1.45. The van der Waals surface area contributed by atoms with Crippen LogP contribution in [0.2, 0.25) is 0 Å². The molecule has 0 amide bonds. The van der Waals surface area contributed by atoms with Crippen LogP contribution in [-0.2, 0) is 4.74 Å². The lowest BCUT2D eigenvalue weighted by Gasteiger charge is -2.05. The number of anilines is 1. The van der Waals surface area contributed by atoms with Gasteiger partial charge in [0.2, 0.25) is 0 Å². The lowest BCUT2D eigenvalue weighted by atomic mass is 10.1. The molecule has 0 aliphatic rings. The lowest BCUT2D eigenvalue weighted by molar-refractivity contribution is -0.383. The molecule has 1 N–H and O–H groups in total. The molecular weight excluding hydrogens is 336 g/mol. The molecule has 0 unspecified atom stereocenters. The molecule has 7 heteroatoms. The highest BCUT2D eigenvalue weighted by atomic mass is 16.6. The maximum absolute atomic E-state index is 12.2. The predicted octanol–water partition coefficient (Wildman–Crippen LogP) is 3.56. The number of methoxy groups -OCH3 is 1. The fraction of sp³-hybridized carbons (Fsp3) is 0.211. The minimum atomic E-state index is -0.465. The summed E-state index contributed by atoms with van der Waals surface area (Å²) in [6, 6.07) is 11.5. The average Bonchev–Trinajstić information content (AvgIpc) is 2.66. The Labute approximate surface area is 151 Å². The number of carbonyl (C=O) groups excluding carboxylic acids is 1. The van der Waals surface area contributed by atoms with Crippen LogP contribution in [0.5, 0.6) is 5.75 Å². The Balaban J connectivity index is 2.07. The van der Waals surface area contributed by atoms with E-state index in [0.29, 0.717) is 35.8 Å². The summed E-state index contributed by atoms with van der Waals surface area (Å²) in [6.45, 7) is 0.924. The van der Waals surface area contributed by atoms with Crippen molar-refractivity contribution in [3.63, 3.8) is 0 Å². The largest absolute Gasteiger partial charge is 0.491 e. The SMILES string of the molecule is CNc1ccc(/C=C/C(=O)c2ccc(OCCOC)cc2)cc1[N+](=O)[O-]. The van der Waals surface area contributed by atoms with Crippen molar-refractivity contribution in [3.05, 3.63) is 69.8 Å². The maximum Gasteiger partial charge on any atom is 0.292 e. The van der Waals surface area contributed by atoms with Crippen LogP contribution in [0.15, 0.2) is 48.5 Å². The number of allylic oxidation sites excluding steroid dienone is 1. The van der Waals surface area contributed by atoms with Crippen LogP contribution in [0.4, 0.5) is 11.4 Å². The number of nitro groups is 1. The number of nitrogens with zero attached hydrogens (tertiary/aromatic N) is 1. The van der Waals surface area contributed by atoms with Gasteiger partial charge in [-0.1, -0.05) is 12.1 Å². The highest BCUT2D eigenvalue weighted by Gasteiger charge is 2.12. The standard InChI is InChI=1S/C19H20N2O5/c1-20-17-9-3-14(13-18(17)21(23)24)4-10-19(22)15-5-7-16(8-6-15)26-12-11-25-2/h3-10,13,20H,11-12H2,1-2H3/b10-4+. The van der Waals surface area contributed by atoms with Gasteiger partial charge in [0.05, 0.1) is 11.5 Å². The molecule has 0 aliphatic heterocycles. The molecular formula is C19H20N2O5. The second-order valence-corrected chi connectivity index (χ2v) is 5.35. The van der Waals surface area contributed by atoms with E-state index in [9.17, 15) is 14.9 Å². The van der Waals surface area contributed by atoms with Crippen molar-refractivity contribution >= 4 is 23.2 Å². The Morgan fingerprint density at radius 2 is 1.92 bits per heavy atom. The molecule has 26 heavy (non-hydrogen) atoms. The first kappa shape index (κ1) is 19.1. The Morgan fingerprint density at radius 3 is 2.54 bits per heavy atom. The van der Waals surface area contributed by atoms with E-state index in [2.05, 4.69) is 5.32 Å². The summed E-state index contributed by atoms with van der Waals surface area (Å²) < 4.78 is 10.3. The third kappa shape index (κ3) is 5.15. The van der Waals surface area contributed by atoms with E-state index in [4.69, 9.17) is 9.47 Å². The molecule has 0 aromatic heterocycles. The van der Waals surface area contributed by atoms with Gasteiger partial charge in [0.15, 0.2) is 5.78 Å². The second kappa shape index (κ2) is 9.33. The first-order valence-electron chi connectivity index (χ1n) is 7.95. The van der Waals surface area contributed by atoms with Gasteiger partial charge in [-0.15, -0.1) is 0 Å². The second-order valence-electron chi connectivity index (χ2n) is 5.35.